The zero-order valence-electron chi connectivity index (χ0n) is 14.2. The number of ether oxygens (including phenoxy) is 1. The van der Waals surface area contributed by atoms with Crippen molar-refractivity contribution in [1.82, 2.24) is 23.7 Å². The summed E-state index contributed by atoms with van der Waals surface area (Å²) in [5.74, 6) is -0.513. The lowest BCUT2D eigenvalue weighted by atomic mass is 10.3. The molecule has 136 valence electrons. The van der Waals surface area contributed by atoms with E-state index in [1.807, 2.05) is 0 Å². The van der Waals surface area contributed by atoms with Gasteiger partial charge in [-0.15, -0.1) is 0 Å². The van der Waals surface area contributed by atoms with Gasteiger partial charge < -0.3 is 9.30 Å². The lowest BCUT2D eigenvalue weighted by Crippen LogP contribution is -2.39. The van der Waals surface area contributed by atoms with Crippen LogP contribution in [0.15, 0.2) is 38.8 Å². The molecule has 10 heteroatoms. The third-order valence-corrected chi connectivity index (χ3v) is 4.33. The maximum Gasteiger partial charge on any atom is 0.339 e. The second-order valence-electron chi connectivity index (χ2n) is 5.71. The van der Waals surface area contributed by atoms with Crippen LogP contribution < -0.4 is 11.2 Å². The van der Waals surface area contributed by atoms with Crippen LogP contribution in [0.2, 0.25) is 0 Å². The molecule has 3 aromatic rings. The van der Waals surface area contributed by atoms with Crippen LogP contribution in [0.25, 0.3) is 11.2 Å². The molecule has 0 N–H and O–H groups in total. The van der Waals surface area contributed by atoms with E-state index in [4.69, 9.17) is 4.74 Å². The van der Waals surface area contributed by atoms with E-state index in [2.05, 4.69) is 25.9 Å². The van der Waals surface area contributed by atoms with E-state index in [1.165, 1.54) is 17.1 Å². The van der Waals surface area contributed by atoms with Crippen molar-refractivity contribution < 1.29 is 9.53 Å². The van der Waals surface area contributed by atoms with Gasteiger partial charge in [0.2, 0.25) is 0 Å². The Kier molecular flexibility index (Phi) is 5.03. The number of imidazole rings is 1. The van der Waals surface area contributed by atoms with Gasteiger partial charge in [-0.05, 0) is 28.4 Å². The van der Waals surface area contributed by atoms with Crippen LogP contribution in [-0.2, 0) is 25.4 Å². The number of aromatic nitrogens is 5. The summed E-state index contributed by atoms with van der Waals surface area (Å²) in [7, 11) is 3.26. The van der Waals surface area contributed by atoms with Gasteiger partial charge in [0.15, 0.2) is 11.2 Å². The Morgan fingerprint density at radius 1 is 1.27 bits per heavy atom. The molecule has 3 aromatic heterocycles. The number of nitrogens with zero attached hydrogens (tertiary/aromatic N) is 5. The molecular weight excluding hydrogens is 406 g/mol. The zero-order chi connectivity index (χ0) is 18.8. The van der Waals surface area contributed by atoms with Gasteiger partial charge in [-0.1, -0.05) is 0 Å². The fraction of sp³-hybridized carbons (Fsp3) is 0.312. The Morgan fingerprint density at radius 2 is 2.04 bits per heavy atom. The molecule has 0 bridgehead atoms. The fourth-order valence-electron chi connectivity index (χ4n) is 2.59. The molecule has 0 atom stereocenters. The molecule has 0 spiro atoms. The first-order valence-electron chi connectivity index (χ1n) is 7.78. The molecule has 0 radical (unpaired) electrons. The average molecular weight is 422 g/mol. The van der Waals surface area contributed by atoms with Crippen molar-refractivity contribution in [1.29, 1.82) is 0 Å². The number of halogens is 1. The van der Waals surface area contributed by atoms with Crippen molar-refractivity contribution in [2.75, 3.05) is 6.61 Å². The number of aryl methyl sites for hydroxylation is 2. The van der Waals surface area contributed by atoms with Gasteiger partial charge >= 0.3 is 11.7 Å². The van der Waals surface area contributed by atoms with Crippen LogP contribution in [0.5, 0.6) is 0 Å². The molecule has 0 aliphatic heterocycles. The smallest absolute Gasteiger partial charge is 0.339 e. The first kappa shape index (κ1) is 18.1. The summed E-state index contributed by atoms with van der Waals surface area (Å²) in [5, 5.41) is 0. The molecule has 0 amide bonds. The van der Waals surface area contributed by atoms with E-state index in [-0.39, 0.29) is 13.2 Å². The monoisotopic (exact) mass is 421 g/mol. The predicted octanol–water partition coefficient (Wildman–Crippen LogP) is 0.838. The number of hydrogen-bond donors (Lipinski definition) is 0. The second kappa shape index (κ2) is 7.24. The largest absolute Gasteiger partial charge is 0.462 e. The number of fused-ring (bicyclic) bond motifs is 1. The Morgan fingerprint density at radius 3 is 2.77 bits per heavy atom. The van der Waals surface area contributed by atoms with E-state index >= 15 is 0 Å². The van der Waals surface area contributed by atoms with Crippen LogP contribution in [0.1, 0.15) is 16.8 Å². The Bertz CT molecular complexity index is 1100. The number of carbonyl (C=O) groups is 1. The summed E-state index contributed by atoms with van der Waals surface area (Å²) >= 11 is 3.24. The van der Waals surface area contributed by atoms with Crippen molar-refractivity contribution in [2.24, 2.45) is 14.1 Å². The molecule has 0 saturated heterocycles. The number of rotatable bonds is 5. The van der Waals surface area contributed by atoms with E-state index < -0.39 is 17.2 Å². The standard InChI is InChI=1S/C16H16BrN5O4/c1-20-9-19-13-12(20)14(23)22(16(25)21(13)2)4-3-5-26-15(24)10-6-11(17)8-18-7-10/h6-9H,3-5H2,1-2H3. The Hall–Kier alpha value is -2.75. The molecule has 26 heavy (non-hydrogen) atoms. The minimum absolute atomic E-state index is 0.0738. The second-order valence-corrected chi connectivity index (χ2v) is 6.62. The van der Waals surface area contributed by atoms with Crippen molar-refractivity contribution in [3.63, 3.8) is 0 Å². The summed E-state index contributed by atoms with van der Waals surface area (Å²) in [6.45, 7) is 0.209. The molecule has 0 unspecified atom stereocenters. The summed E-state index contributed by atoms with van der Waals surface area (Å²) in [4.78, 5) is 44.8. The molecule has 0 saturated carbocycles. The minimum Gasteiger partial charge on any atom is -0.462 e. The summed E-state index contributed by atoms with van der Waals surface area (Å²) < 4.78 is 9.87. The number of hydrogen-bond acceptors (Lipinski definition) is 6. The average Bonchev–Trinajstić information content (AvgIpc) is 3.01. The van der Waals surface area contributed by atoms with Gasteiger partial charge in [0, 0.05) is 37.5 Å². The van der Waals surface area contributed by atoms with Gasteiger partial charge in [0.1, 0.15) is 0 Å². The van der Waals surface area contributed by atoms with Gasteiger partial charge in [-0.3, -0.25) is 18.9 Å². The van der Waals surface area contributed by atoms with Crippen LogP contribution in [0.3, 0.4) is 0 Å². The minimum atomic E-state index is -0.513. The van der Waals surface area contributed by atoms with Crippen LogP contribution in [0, 0.1) is 0 Å². The third-order valence-electron chi connectivity index (χ3n) is 3.90. The Labute approximate surface area is 156 Å². The van der Waals surface area contributed by atoms with Crippen LogP contribution >= 0.6 is 15.9 Å². The third kappa shape index (κ3) is 3.32. The molecule has 0 aromatic carbocycles. The highest BCUT2D eigenvalue weighted by Crippen LogP contribution is 2.10. The number of esters is 1. The van der Waals surface area contributed by atoms with E-state index in [1.54, 1.807) is 30.9 Å². The summed E-state index contributed by atoms with van der Waals surface area (Å²) in [6.07, 6.45) is 4.78. The number of carbonyl (C=O) groups excluding carboxylic acids is 1. The van der Waals surface area contributed by atoms with Crippen molar-refractivity contribution in [3.05, 3.63) is 55.7 Å². The maximum atomic E-state index is 12.5. The zero-order valence-corrected chi connectivity index (χ0v) is 15.8. The Balaban J connectivity index is 1.71. The first-order chi connectivity index (χ1) is 12.4. The van der Waals surface area contributed by atoms with Crippen LogP contribution in [0.4, 0.5) is 0 Å². The quantitative estimate of drug-likeness (QED) is 0.446. The number of pyridine rings is 1. The van der Waals surface area contributed by atoms with Gasteiger partial charge in [-0.25, -0.2) is 14.6 Å². The van der Waals surface area contributed by atoms with Gasteiger partial charge in [0.25, 0.3) is 5.56 Å². The lowest BCUT2D eigenvalue weighted by Gasteiger charge is -2.09. The first-order valence-corrected chi connectivity index (χ1v) is 8.58. The van der Waals surface area contributed by atoms with Crippen molar-refractivity contribution >= 4 is 33.1 Å². The van der Waals surface area contributed by atoms with E-state index in [0.717, 1.165) is 4.57 Å². The van der Waals surface area contributed by atoms with Gasteiger partial charge in [-0.2, -0.15) is 0 Å². The van der Waals surface area contributed by atoms with E-state index in [0.29, 0.717) is 27.6 Å². The maximum absolute atomic E-state index is 12.5. The molecule has 3 heterocycles. The van der Waals surface area contributed by atoms with Gasteiger partial charge in [0.05, 0.1) is 18.5 Å². The molecule has 0 aliphatic carbocycles. The van der Waals surface area contributed by atoms with Crippen LogP contribution in [-0.4, -0.2) is 36.2 Å². The molecule has 3 rings (SSSR count). The van der Waals surface area contributed by atoms with Crippen molar-refractivity contribution in [2.45, 2.75) is 13.0 Å². The van der Waals surface area contributed by atoms with Crippen molar-refractivity contribution in [3.8, 4) is 0 Å². The highest BCUT2D eigenvalue weighted by molar-refractivity contribution is 9.10. The molecule has 0 aliphatic rings. The molecule has 9 nitrogen and oxygen atoms in total. The summed E-state index contributed by atoms with van der Waals surface area (Å²) in [5.41, 5.74) is 0.148. The summed E-state index contributed by atoms with van der Waals surface area (Å²) in [6, 6.07) is 1.60. The molecule has 0 fully saturated rings. The predicted molar refractivity (Wildman–Crippen MR) is 97.1 cm³/mol. The molecular formula is C16H16BrN5O4. The van der Waals surface area contributed by atoms with E-state index in [9.17, 15) is 14.4 Å². The SMILES string of the molecule is Cn1cnc2c1c(=O)n(CCCOC(=O)c1cncc(Br)c1)c(=O)n2C. The highest BCUT2D eigenvalue weighted by atomic mass is 79.9. The normalized spacial score (nSPS) is 11.0. The topological polar surface area (TPSA) is 101 Å². The fourth-order valence-corrected chi connectivity index (χ4v) is 2.95. The highest BCUT2D eigenvalue weighted by Gasteiger charge is 2.15. The lowest BCUT2D eigenvalue weighted by molar-refractivity contribution is 0.0494.